The fourth-order valence-corrected chi connectivity index (χ4v) is 3.05. The van der Waals surface area contributed by atoms with Gasteiger partial charge in [-0.2, -0.15) is 0 Å². The van der Waals surface area contributed by atoms with Crippen molar-refractivity contribution in [2.24, 2.45) is 0 Å². The van der Waals surface area contributed by atoms with E-state index in [1.165, 1.54) is 0 Å². The summed E-state index contributed by atoms with van der Waals surface area (Å²) in [4.78, 5) is 8.68. The third-order valence-corrected chi connectivity index (χ3v) is 4.08. The number of rotatable bonds is 6. The minimum absolute atomic E-state index is 0.550. The van der Waals surface area contributed by atoms with Gasteiger partial charge < -0.3 is 5.32 Å². The summed E-state index contributed by atoms with van der Waals surface area (Å²) in [6, 6.07) is 8.72. The van der Waals surface area contributed by atoms with Crippen molar-refractivity contribution in [1.29, 1.82) is 0 Å². The van der Waals surface area contributed by atoms with Crippen molar-refractivity contribution >= 4 is 22.7 Å². The summed E-state index contributed by atoms with van der Waals surface area (Å²) in [5.41, 5.74) is 1.02. The number of thioether (sulfide) groups is 1. The highest BCUT2D eigenvalue weighted by molar-refractivity contribution is 7.99. The molecule has 2 aromatic rings. The molecule has 3 nitrogen and oxygen atoms in total. The van der Waals surface area contributed by atoms with E-state index in [1.807, 2.05) is 30.0 Å². The largest absolute Gasteiger partial charge is 0.313 e. The van der Waals surface area contributed by atoms with Gasteiger partial charge in [-0.3, -0.25) is 0 Å². The standard InChI is InChI=1S/C14H19N3S/c1-3-11(15-4-2)9-18-14-12-7-5-6-8-13(12)16-10-17-14/h5-8,10-11,15H,3-4,9H2,1-2H3. The molecule has 0 aliphatic carbocycles. The molecule has 2 rings (SSSR count). The number of hydrogen-bond donors (Lipinski definition) is 1. The molecule has 18 heavy (non-hydrogen) atoms. The second kappa shape index (κ2) is 6.71. The van der Waals surface area contributed by atoms with Gasteiger partial charge in [0.05, 0.1) is 5.52 Å². The molecule has 1 aromatic heterocycles. The highest BCUT2D eigenvalue weighted by Gasteiger charge is 2.08. The first-order valence-electron chi connectivity index (χ1n) is 6.41. The van der Waals surface area contributed by atoms with Crippen molar-refractivity contribution in [3.05, 3.63) is 30.6 Å². The van der Waals surface area contributed by atoms with E-state index in [9.17, 15) is 0 Å². The quantitative estimate of drug-likeness (QED) is 0.640. The van der Waals surface area contributed by atoms with E-state index in [1.54, 1.807) is 6.33 Å². The van der Waals surface area contributed by atoms with Crippen molar-refractivity contribution < 1.29 is 0 Å². The molecule has 0 aliphatic rings. The lowest BCUT2D eigenvalue weighted by atomic mass is 10.2. The summed E-state index contributed by atoms with van der Waals surface area (Å²) in [6.45, 7) is 5.38. The molecule has 1 unspecified atom stereocenters. The van der Waals surface area contributed by atoms with Crippen molar-refractivity contribution in [2.75, 3.05) is 12.3 Å². The summed E-state index contributed by atoms with van der Waals surface area (Å²) in [5, 5.41) is 5.72. The minimum atomic E-state index is 0.550. The highest BCUT2D eigenvalue weighted by Crippen LogP contribution is 2.24. The fourth-order valence-electron chi connectivity index (χ4n) is 1.88. The van der Waals surface area contributed by atoms with E-state index in [0.29, 0.717) is 6.04 Å². The predicted molar refractivity (Wildman–Crippen MR) is 78.0 cm³/mol. The van der Waals surface area contributed by atoms with Gasteiger partial charge in [0.1, 0.15) is 11.4 Å². The summed E-state index contributed by atoms with van der Waals surface area (Å²) in [7, 11) is 0. The summed E-state index contributed by atoms with van der Waals surface area (Å²) in [5.74, 6) is 1.05. The molecule has 0 spiro atoms. The Kier molecular flexibility index (Phi) is 4.96. The molecule has 96 valence electrons. The monoisotopic (exact) mass is 261 g/mol. The smallest absolute Gasteiger partial charge is 0.117 e. The second-order valence-corrected chi connectivity index (χ2v) is 5.18. The van der Waals surface area contributed by atoms with Gasteiger partial charge in [-0.05, 0) is 19.0 Å². The first kappa shape index (κ1) is 13.3. The number of fused-ring (bicyclic) bond motifs is 1. The number of nitrogens with one attached hydrogen (secondary N) is 1. The lowest BCUT2D eigenvalue weighted by Crippen LogP contribution is -2.30. The van der Waals surface area contributed by atoms with Gasteiger partial charge in [0.15, 0.2) is 0 Å². The molecule has 0 amide bonds. The molecule has 1 aromatic carbocycles. The molecular formula is C14H19N3S. The van der Waals surface area contributed by atoms with Gasteiger partial charge in [-0.25, -0.2) is 9.97 Å². The Labute approximate surface area is 112 Å². The third kappa shape index (κ3) is 3.21. The minimum Gasteiger partial charge on any atom is -0.313 e. The average molecular weight is 261 g/mol. The Hall–Kier alpha value is -1.13. The molecule has 0 saturated carbocycles. The lowest BCUT2D eigenvalue weighted by Gasteiger charge is -2.15. The van der Waals surface area contributed by atoms with Crippen molar-refractivity contribution in [2.45, 2.75) is 31.3 Å². The summed E-state index contributed by atoms with van der Waals surface area (Å²) >= 11 is 1.81. The lowest BCUT2D eigenvalue weighted by molar-refractivity contribution is 0.560. The average Bonchev–Trinajstić information content (AvgIpc) is 2.43. The van der Waals surface area contributed by atoms with Crippen LogP contribution in [0.3, 0.4) is 0 Å². The van der Waals surface area contributed by atoms with Crippen LogP contribution in [0.2, 0.25) is 0 Å². The Morgan fingerprint density at radius 3 is 2.83 bits per heavy atom. The molecule has 0 fully saturated rings. The maximum absolute atomic E-state index is 4.40. The zero-order chi connectivity index (χ0) is 12.8. The molecule has 1 atom stereocenters. The Morgan fingerprint density at radius 1 is 1.22 bits per heavy atom. The van der Waals surface area contributed by atoms with Crippen LogP contribution in [0.4, 0.5) is 0 Å². The van der Waals surface area contributed by atoms with Crippen LogP contribution in [0.25, 0.3) is 10.9 Å². The third-order valence-electron chi connectivity index (χ3n) is 2.91. The normalized spacial score (nSPS) is 12.8. The van der Waals surface area contributed by atoms with Crippen molar-refractivity contribution in [3.8, 4) is 0 Å². The van der Waals surface area contributed by atoms with Gasteiger partial charge in [-0.1, -0.05) is 32.0 Å². The van der Waals surface area contributed by atoms with Crippen LogP contribution in [0.1, 0.15) is 20.3 Å². The SMILES string of the molecule is CCNC(CC)CSc1ncnc2ccccc12. The van der Waals surface area contributed by atoms with Crippen LogP contribution in [0.5, 0.6) is 0 Å². The van der Waals surface area contributed by atoms with Crippen LogP contribution in [-0.4, -0.2) is 28.3 Å². The molecule has 1 N–H and O–H groups in total. The number of hydrogen-bond acceptors (Lipinski definition) is 4. The fraction of sp³-hybridized carbons (Fsp3) is 0.429. The van der Waals surface area contributed by atoms with Crippen LogP contribution in [0, 0.1) is 0 Å². The first-order chi connectivity index (χ1) is 8.85. The number of nitrogens with zero attached hydrogens (tertiary/aromatic N) is 2. The zero-order valence-corrected chi connectivity index (χ0v) is 11.7. The molecule has 1 heterocycles. The number of aromatic nitrogens is 2. The molecule has 0 aliphatic heterocycles. The first-order valence-corrected chi connectivity index (χ1v) is 7.39. The predicted octanol–water partition coefficient (Wildman–Crippen LogP) is 3.11. The van der Waals surface area contributed by atoms with Crippen LogP contribution in [-0.2, 0) is 0 Å². The summed E-state index contributed by atoms with van der Waals surface area (Å²) < 4.78 is 0. The van der Waals surface area contributed by atoms with Gasteiger partial charge in [0.2, 0.25) is 0 Å². The summed E-state index contributed by atoms with van der Waals surface area (Å²) in [6.07, 6.45) is 2.79. The molecule has 0 saturated heterocycles. The molecule has 0 radical (unpaired) electrons. The Bertz CT molecular complexity index is 496. The van der Waals surface area contributed by atoms with E-state index >= 15 is 0 Å². The molecule has 4 heteroatoms. The number of benzene rings is 1. The van der Waals surface area contributed by atoms with E-state index in [2.05, 4.69) is 35.2 Å². The van der Waals surface area contributed by atoms with Crippen LogP contribution >= 0.6 is 11.8 Å². The second-order valence-electron chi connectivity index (χ2n) is 4.17. The van der Waals surface area contributed by atoms with Gasteiger partial charge in [0, 0.05) is 17.2 Å². The van der Waals surface area contributed by atoms with E-state index in [-0.39, 0.29) is 0 Å². The van der Waals surface area contributed by atoms with E-state index in [4.69, 9.17) is 0 Å². The topological polar surface area (TPSA) is 37.8 Å². The van der Waals surface area contributed by atoms with Gasteiger partial charge in [0.25, 0.3) is 0 Å². The maximum atomic E-state index is 4.40. The Balaban J connectivity index is 2.11. The maximum Gasteiger partial charge on any atom is 0.117 e. The van der Waals surface area contributed by atoms with Gasteiger partial charge in [-0.15, -0.1) is 11.8 Å². The van der Waals surface area contributed by atoms with Crippen molar-refractivity contribution in [1.82, 2.24) is 15.3 Å². The molecular weight excluding hydrogens is 242 g/mol. The van der Waals surface area contributed by atoms with Crippen LogP contribution in [0.15, 0.2) is 35.6 Å². The molecule has 0 bridgehead atoms. The zero-order valence-electron chi connectivity index (χ0n) is 10.9. The Morgan fingerprint density at radius 2 is 2.06 bits per heavy atom. The van der Waals surface area contributed by atoms with Gasteiger partial charge >= 0.3 is 0 Å². The van der Waals surface area contributed by atoms with Crippen molar-refractivity contribution in [3.63, 3.8) is 0 Å². The highest BCUT2D eigenvalue weighted by atomic mass is 32.2. The number of para-hydroxylation sites is 1. The van der Waals surface area contributed by atoms with Crippen LogP contribution < -0.4 is 5.32 Å². The van der Waals surface area contributed by atoms with E-state index < -0.39 is 0 Å². The van der Waals surface area contributed by atoms with E-state index in [0.717, 1.165) is 34.6 Å².